The van der Waals surface area contributed by atoms with Crippen LogP contribution in [-0.4, -0.2) is 39.5 Å². The second-order valence-electron chi connectivity index (χ2n) is 4.27. The minimum atomic E-state index is 0.269. The molecule has 0 saturated carbocycles. The zero-order valence-corrected chi connectivity index (χ0v) is 9.99. The van der Waals surface area contributed by atoms with Gasteiger partial charge in [-0.3, -0.25) is 0 Å². The first-order valence-corrected chi connectivity index (χ1v) is 6.13. The monoisotopic (exact) mass is 245 g/mol. The molecule has 1 aliphatic rings. The molecule has 0 bridgehead atoms. The highest BCUT2D eigenvalue weighted by atomic mass is 16.5. The fourth-order valence-electron chi connectivity index (χ4n) is 2.05. The Balaban J connectivity index is 1.71. The van der Waals surface area contributed by atoms with E-state index in [1.165, 1.54) is 0 Å². The van der Waals surface area contributed by atoms with E-state index in [0.717, 1.165) is 31.7 Å². The van der Waals surface area contributed by atoms with Gasteiger partial charge in [0.25, 0.3) is 0 Å². The summed E-state index contributed by atoms with van der Waals surface area (Å²) < 4.78 is 7.25. The molecule has 1 saturated heterocycles. The summed E-state index contributed by atoms with van der Waals surface area (Å²) in [6, 6.07) is 9.82. The summed E-state index contributed by atoms with van der Waals surface area (Å²) in [5.41, 5.74) is 0.942. The van der Waals surface area contributed by atoms with E-state index in [-0.39, 0.29) is 6.10 Å². The third-order valence-corrected chi connectivity index (χ3v) is 2.98. The van der Waals surface area contributed by atoms with Crippen LogP contribution in [0, 0.1) is 0 Å². The second-order valence-corrected chi connectivity index (χ2v) is 4.27. The summed E-state index contributed by atoms with van der Waals surface area (Å²) in [7, 11) is 0. The number of benzene rings is 1. The molecule has 0 spiro atoms. The molecule has 0 radical (unpaired) electrons. The molecule has 3 rings (SSSR count). The first kappa shape index (κ1) is 11.2. The Morgan fingerprint density at radius 3 is 3.00 bits per heavy atom. The van der Waals surface area contributed by atoms with Crippen molar-refractivity contribution >= 4 is 5.95 Å². The van der Waals surface area contributed by atoms with Gasteiger partial charge in [0.2, 0.25) is 5.95 Å². The van der Waals surface area contributed by atoms with Crippen LogP contribution < -0.4 is 5.32 Å². The fraction of sp³-hybridized carbons (Fsp3) is 0.417. The van der Waals surface area contributed by atoms with Gasteiger partial charge in [0.1, 0.15) is 0 Å². The summed E-state index contributed by atoms with van der Waals surface area (Å²) in [6.07, 6.45) is 2.50. The van der Waals surface area contributed by atoms with Crippen molar-refractivity contribution in [3.05, 3.63) is 30.3 Å². The Morgan fingerprint density at radius 1 is 1.33 bits per heavy atom. The summed E-state index contributed by atoms with van der Waals surface area (Å²) in [5.74, 6) is 0.650. The molecule has 1 N–H and O–H groups in total. The average molecular weight is 245 g/mol. The van der Waals surface area contributed by atoms with Crippen LogP contribution in [0.1, 0.15) is 12.8 Å². The predicted molar refractivity (Wildman–Crippen MR) is 66.6 cm³/mol. The van der Waals surface area contributed by atoms with Crippen LogP contribution >= 0.6 is 0 Å². The van der Waals surface area contributed by atoms with Gasteiger partial charge in [0.05, 0.1) is 11.8 Å². The molecular weight excluding hydrogens is 230 g/mol. The van der Waals surface area contributed by atoms with E-state index in [4.69, 9.17) is 4.74 Å². The molecule has 1 aromatic carbocycles. The lowest BCUT2D eigenvalue weighted by atomic mass is 10.2. The Hall–Kier alpha value is -1.95. The van der Waals surface area contributed by atoms with Gasteiger partial charge in [-0.15, -0.1) is 0 Å². The normalized spacial score (nSPS) is 19.0. The molecule has 6 heteroatoms. The number of hydrogen-bond acceptors (Lipinski definition) is 5. The summed E-state index contributed by atoms with van der Waals surface area (Å²) in [6.45, 7) is 1.60. The summed E-state index contributed by atoms with van der Waals surface area (Å²) >= 11 is 0. The second kappa shape index (κ2) is 5.14. The van der Waals surface area contributed by atoms with E-state index in [2.05, 4.69) is 20.8 Å². The Bertz CT molecular complexity index is 492. The molecule has 2 aromatic rings. The molecule has 1 aliphatic heterocycles. The average Bonchev–Trinajstić information content (AvgIpc) is 3.09. The molecule has 2 heterocycles. The Labute approximate surface area is 105 Å². The van der Waals surface area contributed by atoms with Gasteiger partial charge in [-0.1, -0.05) is 23.3 Å². The quantitative estimate of drug-likeness (QED) is 0.878. The van der Waals surface area contributed by atoms with Gasteiger partial charge in [0, 0.05) is 13.2 Å². The third kappa shape index (κ3) is 2.33. The van der Waals surface area contributed by atoms with Gasteiger partial charge in [-0.05, 0) is 35.4 Å². The lowest BCUT2D eigenvalue weighted by molar-refractivity contribution is 0.120. The zero-order chi connectivity index (χ0) is 12.2. The number of nitrogens with zero attached hydrogens (tertiary/aromatic N) is 4. The lowest BCUT2D eigenvalue weighted by Crippen LogP contribution is -2.20. The maximum absolute atomic E-state index is 5.56. The van der Waals surface area contributed by atoms with Gasteiger partial charge in [-0.25, -0.2) is 0 Å². The molecule has 0 aliphatic carbocycles. The minimum Gasteiger partial charge on any atom is -0.376 e. The number of tetrazole rings is 1. The smallest absolute Gasteiger partial charge is 0.247 e. The molecule has 1 fully saturated rings. The van der Waals surface area contributed by atoms with Gasteiger partial charge in [0.15, 0.2) is 0 Å². The number of aromatic nitrogens is 4. The molecule has 0 unspecified atom stereocenters. The van der Waals surface area contributed by atoms with Crippen LogP contribution in [0.5, 0.6) is 0 Å². The first-order valence-electron chi connectivity index (χ1n) is 6.13. The molecule has 18 heavy (non-hydrogen) atoms. The molecule has 1 aromatic heterocycles. The molecule has 1 atom stereocenters. The van der Waals surface area contributed by atoms with Crippen LogP contribution in [0.4, 0.5) is 5.95 Å². The summed E-state index contributed by atoms with van der Waals surface area (Å²) in [4.78, 5) is 0. The summed E-state index contributed by atoms with van der Waals surface area (Å²) in [5, 5.41) is 14.9. The van der Waals surface area contributed by atoms with Crippen LogP contribution in [0.3, 0.4) is 0 Å². The van der Waals surface area contributed by atoms with E-state index < -0.39 is 0 Å². The highest BCUT2D eigenvalue weighted by molar-refractivity contribution is 5.38. The molecule has 94 valence electrons. The number of anilines is 1. The molecule has 0 amide bonds. The van der Waals surface area contributed by atoms with E-state index in [1.54, 1.807) is 4.68 Å². The van der Waals surface area contributed by atoms with E-state index in [0.29, 0.717) is 5.95 Å². The lowest BCUT2D eigenvalue weighted by Gasteiger charge is -2.11. The molecule has 6 nitrogen and oxygen atoms in total. The predicted octanol–water partition coefficient (Wildman–Crippen LogP) is 1.25. The largest absolute Gasteiger partial charge is 0.376 e. The van der Waals surface area contributed by atoms with Crippen LogP contribution in [0.2, 0.25) is 0 Å². The van der Waals surface area contributed by atoms with Crippen molar-refractivity contribution in [2.24, 2.45) is 0 Å². The number of nitrogens with one attached hydrogen (secondary N) is 1. The minimum absolute atomic E-state index is 0.269. The standard InChI is InChI=1S/C12H15N5O/c1-2-5-10(6-3-1)17-12(14-15-16-17)13-9-11-7-4-8-18-11/h1-3,5-6,11H,4,7-9H2,(H,13,14,16)/t11-/m1/s1. The Morgan fingerprint density at radius 2 is 2.22 bits per heavy atom. The highest BCUT2D eigenvalue weighted by Gasteiger charge is 2.16. The zero-order valence-electron chi connectivity index (χ0n) is 9.99. The highest BCUT2D eigenvalue weighted by Crippen LogP contribution is 2.14. The van der Waals surface area contributed by atoms with Crippen molar-refractivity contribution in [3.63, 3.8) is 0 Å². The first-order chi connectivity index (χ1) is 8.93. The maximum Gasteiger partial charge on any atom is 0.247 e. The third-order valence-electron chi connectivity index (χ3n) is 2.98. The topological polar surface area (TPSA) is 64.9 Å². The molecular formula is C12H15N5O. The van der Waals surface area contributed by atoms with Crippen LogP contribution in [0.15, 0.2) is 30.3 Å². The number of hydrogen-bond donors (Lipinski definition) is 1. The van der Waals surface area contributed by atoms with Crippen molar-refractivity contribution in [1.29, 1.82) is 0 Å². The Kier molecular flexibility index (Phi) is 3.18. The van der Waals surface area contributed by atoms with Crippen molar-refractivity contribution in [2.75, 3.05) is 18.5 Å². The number of para-hydroxylation sites is 1. The van der Waals surface area contributed by atoms with Crippen molar-refractivity contribution in [2.45, 2.75) is 18.9 Å². The van der Waals surface area contributed by atoms with Gasteiger partial charge >= 0.3 is 0 Å². The SMILES string of the molecule is c1ccc(-n2nnnc2NC[C@H]2CCCO2)cc1. The van der Waals surface area contributed by atoms with Crippen LogP contribution in [-0.2, 0) is 4.74 Å². The van der Waals surface area contributed by atoms with E-state index in [1.807, 2.05) is 30.3 Å². The number of rotatable bonds is 4. The maximum atomic E-state index is 5.56. The van der Waals surface area contributed by atoms with Crippen molar-refractivity contribution in [1.82, 2.24) is 20.2 Å². The van der Waals surface area contributed by atoms with E-state index >= 15 is 0 Å². The fourth-order valence-corrected chi connectivity index (χ4v) is 2.05. The van der Waals surface area contributed by atoms with E-state index in [9.17, 15) is 0 Å². The van der Waals surface area contributed by atoms with Crippen LogP contribution in [0.25, 0.3) is 5.69 Å². The van der Waals surface area contributed by atoms with Crippen molar-refractivity contribution < 1.29 is 4.74 Å². The van der Waals surface area contributed by atoms with Gasteiger partial charge in [-0.2, -0.15) is 4.68 Å². The van der Waals surface area contributed by atoms with Gasteiger partial charge < -0.3 is 10.1 Å². The number of ether oxygens (including phenoxy) is 1. The van der Waals surface area contributed by atoms with Crippen molar-refractivity contribution in [3.8, 4) is 5.69 Å².